The van der Waals surface area contributed by atoms with Crippen LogP contribution in [0.1, 0.15) is 11.1 Å². The van der Waals surface area contributed by atoms with E-state index in [0.717, 1.165) is 9.13 Å². The second kappa shape index (κ2) is 3.37. The summed E-state index contributed by atoms with van der Waals surface area (Å²) >= 11 is 7.78. The van der Waals surface area contributed by atoms with Gasteiger partial charge in [-0.25, -0.2) is 4.98 Å². The molecule has 0 aliphatic heterocycles. The molecular formula is C7H4ClIN2. The molecule has 0 unspecified atom stereocenters. The van der Waals surface area contributed by atoms with Gasteiger partial charge in [-0.1, -0.05) is 11.6 Å². The van der Waals surface area contributed by atoms with E-state index < -0.39 is 0 Å². The molecule has 0 spiro atoms. The molecule has 0 N–H and O–H groups in total. The molecule has 11 heavy (non-hydrogen) atoms. The summed E-state index contributed by atoms with van der Waals surface area (Å²) in [5.41, 5.74) is 1.37. The Morgan fingerprint density at radius 2 is 2.36 bits per heavy atom. The number of hydrogen-bond acceptors (Lipinski definition) is 2. The van der Waals surface area contributed by atoms with E-state index in [1.165, 1.54) is 0 Å². The summed E-state index contributed by atoms with van der Waals surface area (Å²) in [6.07, 6.45) is 1.65. The van der Waals surface area contributed by atoms with Crippen molar-refractivity contribution in [3.8, 4) is 6.07 Å². The highest BCUT2D eigenvalue weighted by atomic mass is 127. The van der Waals surface area contributed by atoms with Crippen LogP contribution in [0.15, 0.2) is 6.20 Å². The van der Waals surface area contributed by atoms with Gasteiger partial charge in [-0.3, -0.25) is 0 Å². The molecule has 1 aromatic heterocycles. The van der Waals surface area contributed by atoms with Crippen LogP contribution in [-0.2, 0) is 0 Å². The SMILES string of the molecule is Cc1c(I)cnc(Cl)c1C#N. The number of nitrogens with zero attached hydrogens (tertiary/aromatic N) is 2. The van der Waals surface area contributed by atoms with Crippen molar-refractivity contribution in [3.05, 3.63) is 26.0 Å². The molecule has 0 aliphatic carbocycles. The third kappa shape index (κ3) is 1.63. The van der Waals surface area contributed by atoms with E-state index in [0.29, 0.717) is 5.56 Å². The first-order valence-electron chi connectivity index (χ1n) is 2.87. The Bertz CT molecular complexity index is 330. The topological polar surface area (TPSA) is 36.7 Å². The van der Waals surface area contributed by atoms with Crippen LogP contribution in [0.2, 0.25) is 5.15 Å². The van der Waals surface area contributed by atoms with Gasteiger partial charge in [0.25, 0.3) is 0 Å². The fourth-order valence-electron chi connectivity index (χ4n) is 0.679. The molecular weight excluding hydrogens is 274 g/mol. The molecule has 1 rings (SSSR count). The van der Waals surface area contributed by atoms with Crippen molar-refractivity contribution in [1.82, 2.24) is 4.98 Å². The molecule has 0 atom stereocenters. The van der Waals surface area contributed by atoms with Crippen LogP contribution in [-0.4, -0.2) is 4.98 Å². The average molecular weight is 278 g/mol. The monoisotopic (exact) mass is 278 g/mol. The summed E-state index contributed by atoms with van der Waals surface area (Å²) in [6.45, 7) is 1.86. The van der Waals surface area contributed by atoms with Gasteiger partial charge in [0.2, 0.25) is 0 Å². The number of nitriles is 1. The zero-order valence-electron chi connectivity index (χ0n) is 5.73. The van der Waals surface area contributed by atoms with Crippen molar-refractivity contribution in [2.24, 2.45) is 0 Å². The van der Waals surface area contributed by atoms with E-state index in [1.54, 1.807) is 6.20 Å². The normalized spacial score (nSPS) is 9.27. The number of hydrogen-bond donors (Lipinski definition) is 0. The first-order valence-corrected chi connectivity index (χ1v) is 4.33. The lowest BCUT2D eigenvalue weighted by Crippen LogP contribution is -1.90. The van der Waals surface area contributed by atoms with Gasteiger partial charge in [0.15, 0.2) is 0 Å². The lowest BCUT2D eigenvalue weighted by molar-refractivity contribution is 1.23. The van der Waals surface area contributed by atoms with Crippen LogP contribution in [0.5, 0.6) is 0 Å². The summed E-state index contributed by atoms with van der Waals surface area (Å²) < 4.78 is 0.962. The molecule has 0 saturated heterocycles. The molecule has 1 heterocycles. The lowest BCUT2D eigenvalue weighted by atomic mass is 10.2. The minimum atomic E-state index is 0.283. The highest BCUT2D eigenvalue weighted by Gasteiger charge is 2.06. The summed E-state index contributed by atoms with van der Waals surface area (Å²) in [4.78, 5) is 3.85. The molecule has 0 radical (unpaired) electrons. The summed E-state index contributed by atoms with van der Waals surface area (Å²) in [6, 6.07) is 2.01. The number of rotatable bonds is 0. The quantitative estimate of drug-likeness (QED) is 0.540. The molecule has 1 aromatic rings. The van der Waals surface area contributed by atoms with Gasteiger partial charge < -0.3 is 0 Å². The largest absolute Gasteiger partial charge is 0.242 e. The Labute approximate surface area is 83.3 Å². The van der Waals surface area contributed by atoms with Gasteiger partial charge in [0.1, 0.15) is 11.2 Å². The minimum absolute atomic E-state index is 0.283. The Hall–Kier alpha value is -0.340. The van der Waals surface area contributed by atoms with E-state index >= 15 is 0 Å². The van der Waals surface area contributed by atoms with Crippen molar-refractivity contribution in [2.45, 2.75) is 6.92 Å². The van der Waals surface area contributed by atoms with Crippen molar-refractivity contribution in [3.63, 3.8) is 0 Å². The molecule has 56 valence electrons. The maximum absolute atomic E-state index is 8.65. The lowest BCUT2D eigenvalue weighted by Gasteiger charge is -2.00. The Kier molecular flexibility index (Phi) is 2.68. The first-order chi connectivity index (χ1) is 5.16. The molecule has 2 nitrogen and oxygen atoms in total. The molecule has 0 bridgehead atoms. The van der Waals surface area contributed by atoms with Crippen molar-refractivity contribution in [2.75, 3.05) is 0 Å². The van der Waals surface area contributed by atoms with Gasteiger partial charge in [0.05, 0.1) is 5.56 Å². The number of aromatic nitrogens is 1. The van der Waals surface area contributed by atoms with Crippen molar-refractivity contribution >= 4 is 34.2 Å². The average Bonchev–Trinajstić information content (AvgIpc) is 1.99. The van der Waals surface area contributed by atoms with Crippen molar-refractivity contribution < 1.29 is 0 Å². The maximum Gasteiger partial charge on any atom is 0.147 e. The summed E-state index contributed by atoms with van der Waals surface area (Å²) in [5.74, 6) is 0. The van der Waals surface area contributed by atoms with E-state index in [9.17, 15) is 0 Å². The molecule has 4 heteroatoms. The molecule has 0 aliphatic rings. The van der Waals surface area contributed by atoms with E-state index in [-0.39, 0.29) is 5.15 Å². The highest BCUT2D eigenvalue weighted by Crippen LogP contribution is 2.20. The van der Waals surface area contributed by atoms with Gasteiger partial charge in [-0.15, -0.1) is 0 Å². The number of pyridine rings is 1. The van der Waals surface area contributed by atoms with Crippen LogP contribution in [0.3, 0.4) is 0 Å². The van der Waals surface area contributed by atoms with Gasteiger partial charge >= 0.3 is 0 Å². The van der Waals surface area contributed by atoms with Crippen LogP contribution in [0, 0.1) is 21.8 Å². The van der Waals surface area contributed by atoms with Gasteiger partial charge in [-0.2, -0.15) is 5.26 Å². The zero-order chi connectivity index (χ0) is 8.43. The fourth-order valence-corrected chi connectivity index (χ4v) is 1.32. The Morgan fingerprint density at radius 3 is 2.82 bits per heavy atom. The van der Waals surface area contributed by atoms with Gasteiger partial charge in [-0.05, 0) is 35.1 Å². The maximum atomic E-state index is 8.65. The van der Waals surface area contributed by atoms with Crippen molar-refractivity contribution in [1.29, 1.82) is 5.26 Å². The van der Waals surface area contributed by atoms with E-state index in [2.05, 4.69) is 27.6 Å². The summed E-state index contributed by atoms with van der Waals surface area (Å²) in [5, 5.41) is 8.93. The van der Waals surface area contributed by atoms with Crippen LogP contribution in [0.25, 0.3) is 0 Å². The molecule has 0 amide bonds. The van der Waals surface area contributed by atoms with Crippen LogP contribution >= 0.6 is 34.2 Å². The summed E-state index contributed by atoms with van der Waals surface area (Å²) in [7, 11) is 0. The predicted molar refractivity (Wildman–Crippen MR) is 51.4 cm³/mol. The predicted octanol–water partition coefficient (Wildman–Crippen LogP) is 2.52. The fraction of sp³-hybridized carbons (Fsp3) is 0.143. The van der Waals surface area contributed by atoms with E-state index in [4.69, 9.17) is 16.9 Å². The highest BCUT2D eigenvalue weighted by molar-refractivity contribution is 14.1. The molecule has 0 aromatic carbocycles. The van der Waals surface area contributed by atoms with E-state index in [1.807, 2.05) is 13.0 Å². The zero-order valence-corrected chi connectivity index (χ0v) is 8.64. The first kappa shape index (κ1) is 8.75. The molecule has 0 saturated carbocycles. The second-order valence-corrected chi connectivity index (χ2v) is 3.53. The molecule has 0 fully saturated rings. The minimum Gasteiger partial charge on any atom is -0.242 e. The van der Waals surface area contributed by atoms with Gasteiger partial charge in [0, 0.05) is 9.77 Å². The standard InChI is InChI=1S/C7H4ClIN2/c1-4-5(2-10)7(8)11-3-6(4)9/h3H,1H3. The Morgan fingerprint density at radius 1 is 1.73 bits per heavy atom. The van der Waals surface area contributed by atoms with Crippen LogP contribution in [0.4, 0.5) is 0 Å². The third-order valence-electron chi connectivity index (χ3n) is 1.34. The smallest absolute Gasteiger partial charge is 0.147 e. The number of halogens is 2. The second-order valence-electron chi connectivity index (χ2n) is 2.01. The van der Waals surface area contributed by atoms with Crippen LogP contribution < -0.4 is 0 Å². The third-order valence-corrected chi connectivity index (χ3v) is 2.72. The Balaban J connectivity index is 3.44.